The maximum absolute atomic E-state index is 13.0. The Labute approximate surface area is 157 Å². The van der Waals surface area contributed by atoms with Gasteiger partial charge in [0.2, 0.25) is 10.0 Å². The Balaban J connectivity index is 1.61. The largest absolute Gasteiger partial charge is 0.336 e. The highest BCUT2D eigenvalue weighted by Crippen LogP contribution is 2.17. The molecule has 0 N–H and O–H groups in total. The van der Waals surface area contributed by atoms with Crippen LogP contribution in [0.5, 0.6) is 0 Å². The molecular weight excluding hydrogens is 379 g/mol. The maximum atomic E-state index is 13.0. The molecule has 138 valence electrons. The van der Waals surface area contributed by atoms with Crippen LogP contribution >= 0.6 is 11.6 Å². The van der Waals surface area contributed by atoms with Gasteiger partial charge in [-0.15, -0.1) is 0 Å². The van der Waals surface area contributed by atoms with Gasteiger partial charge in [0.05, 0.1) is 5.75 Å². The number of piperazine rings is 1. The van der Waals surface area contributed by atoms with Crippen molar-refractivity contribution < 1.29 is 17.6 Å². The molecule has 0 spiro atoms. The molecule has 0 saturated carbocycles. The highest BCUT2D eigenvalue weighted by molar-refractivity contribution is 7.88. The third kappa shape index (κ3) is 4.41. The van der Waals surface area contributed by atoms with Crippen LogP contribution in [0.2, 0.25) is 5.02 Å². The third-order valence-electron chi connectivity index (χ3n) is 4.27. The summed E-state index contributed by atoms with van der Waals surface area (Å²) in [6.45, 7) is 1.12. The van der Waals surface area contributed by atoms with Gasteiger partial charge < -0.3 is 4.90 Å². The molecule has 0 bridgehead atoms. The summed E-state index contributed by atoms with van der Waals surface area (Å²) in [6.07, 6.45) is 0. The second-order valence-corrected chi connectivity index (χ2v) is 8.49. The number of halogens is 2. The Hall–Kier alpha value is -1.96. The number of sulfonamides is 1. The topological polar surface area (TPSA) is 57.7 Å². The van der Waals surface area contributed by atoms with E-state index in [0.29, 0.717) is 29.2 Å². The molecule has 0 aromatic heterocycles. The summed E-state index contributed by atoms with van der Waals surface area (Å²) in [7, 11) is -3.51. The Bertz CT molecular complexity index is 878. The van der Waals surface area contributed by atoms with Crippen molar-refractivity contribution in [3.05, 3.63) is 70.5 Å². The fourth-order valence-corrected chi connectivity index (χ4v) is 4.47. The molecule has 0 unspecified atom stereocenters. The second-order valence-electron chi connectivity index (χ2n) is 6.08. The number of hydrogen-bond donors (Lipinski definition) is 0. The summed E-state index contributed by atoms with van der Waals surface area (Å²) >= 11 is 5.83. The van der Waals surface area contributed by atoms with Crippen molar-refractivity contribution in [1.29, 1.82) is 0 Å². The fourth-order valence-electron chi connectivity index (χ4n) is 2.83. The zero-order chi connectivity index (χ0) is 18.7. The van der Waals surface area contributed by atoms with E-state index in [9.17, 15) is 17.6 Å². The third-order valence-corrected chi connectivity index (χ3v) is 6.37. The molecule has 0 atom stereocenters. The van der Waals surface area contributed by atoms with Gasteiger partial charge in [-0.1, -0.05) is 23.7 Å². The van der Waals surface area contributed by atoms with Gasteiger partial charge in [0.1, 0.15) is 5.82 Å². The van der Waals surface area contributed by atoms with E-state index in [1.165, 1.54) is 28.6 Å². The van der Waals surface area contributed by atoms with Crippen molar-refractivity contribution >= 4 is 27.5 Å². The van der Waals surface area contributed by atoms with Crippen LogP contribution in [-0.4, -0.2) is 49.7 Å². The fraction of sp³-hybridized carbons (Fsp3) is 0.278. The second kappa shape index (κ2) is 7.73. The van der Waals surface area contributed by atoms with Crippen LogP contribution in [0.15, 0.2) is 48.5 Å². The zero-order valence-electron chi connectivity index (χ0n) is 13.9. The van der Waals surface area contributed by atoms with Gasteiger partial charge in [0.15, 0.2) is 0 Å². The number of carbonyl (C=O) groups is 1. The highest BCUT2D eigenvalue weighted by atomic mass is 35.5. The van der Waals surface area contributed by atoms with Crippen LogP contribution in [0.1, 0.15) is 15.9 Å². The maximum Gasteiger partial charge on any atom is 0.253 e. The van der Waals surface area contributed by atoms with E-state index in [4.69, 9.17) is 11.6 Å². The molecule has 2 aromatic rings. The number of carbonyl (C=O) groups excluding carboxylic acids is 1. The zero-order valence-corrected chi connectivity index (χ0v) is 15.5. The van der Waals surface area contributed by atoms with Gasteiger partial charge in [0.25, 0.3) is 5.91 Å². The monoisotopic (exact) mass is 396 g/mol. The number of nitrogens with zero attached hydrogens (tertiary/aromatic N) is 2. The minimum absolute atomic E-state index is 0.141. The molecule has 5 nitrogen and oxygen atoms in total. The van der Waals surface area contributed by atoms with Gasteiger partial charge in [0, 0.05) is 36.8 Å². The van der Waals surface area contributed by atoms with E-state index in [1.807, 2.05) is 0 Å². The molecule has 3 rings (SSSR count). The van der Waals surface area contributed by atoms with E-state index >= 15 is 0 Å². The number of benzene rings is 2. The number of amides is 1. The Morgan fingerprint density at radius 3 is 2.12 bits per heavy atom. The lowest BCUT2D eigenvalue weighted by molar-refractivity contribution is 0.0698. The van der Waals surface area contributed by atoms with Crippen molar-refractivity contribution in [2.45, 2.75) is 5.75 Å². The minimum Gasteiger partial charge on any atom is -0.336 e. The van der Waals surface area contributed by atoms with Crippen LogP contribution in [-0.2, 0) is 15.8 Å². The van der Waals surface area contributed by atoms with E-state index in [1.54, 1.807) is 29.2 Å². The molecule has 1 aliphatic heterocycles. The molecule has 1 heterocycles. The van der Waals surface area contributed by atoms with Crippen molar-refractivity contribution in [2.24, 2.45) is 0 Å². The SMILES string of the molecule is O=C(c1ccc(Cl)cc1)N1CCN(S(=O)(=O)Cc2ccc(F)cc2)CC1. The average Bonchev–Trinajstić information content (AvgIpc) is 2.64. The lowest BCUT2D eigenvalue weighted by Gasteiger charge is -2.34. The molecule has 0 radical (unpaired) electrons. The Morgan fingerprint density at radius 2 is 1.54 bits per heavy atom. The van der Waals surface area contributed by atoms with Crippen molar-refractivity contribution in [3.8, 4) is 0 Å². The first-order chi connectivity index (χ1) is 12.3. The molecule has 1 saturated heterocycles. The summed E-state index contributed by atoms with van der Waals surface area (Å²) in [4.78, 5) is 14.1. The first kappa shape index (κ1) is 18.8. The van der Waals surface area contributed by atoms with Gasteiger partial charge >= 0.3 is 0 Å². The predicted octanol–water partition coefficient (Wildman–Crippen LogP) is 2.77. The highest BCUT2D eigenvalue weighted by Gasteiger charge is 2.29. The van der Waals surface area contributed by atoms with Crippen LogP contribution in [0.25, 0.3) is 0 Å². The molecule has 1 amide bonds. The summed E-state index contributed by atoms with van der Waals surface area (Å²) in [6, 6.07) is 12.0. The first-order valence-electron chi connectivity index (χ1n) is 8.12. The van der Waals surface area contributed by atoms with E-state index in [0.717, 1.165) is 0 Å². The lowest BCUT2D eigenvalue weighted by Crippen LogP contribution is -2.50. The molecular formula is C18H18ClFN2O3S. The number of rotatable bonds is 4. The number of hydrogen-bond acceptors (Lipinski definition) is 3. The minimum atomic E-state index is -3.51. The summed E-state index contributed by atoms with van der Waals surface area (Å²) in [5.41, 5.74) is 1.06. The summed E-state index contributed by atoms with van der Waals surface area (Å²) in [5.74, 6) is -0.726. The molecule has 2 aromatic carbocycles. The normalized spacial score (nSPS) is 15.8. The molecule has 1 aliphatic rings. The van der Waals surface area contributed by atoms with Crippen LogP contribution in [0.4, 0.5) is 4.39 Å². The van der Waals surface area contributed by atoms with E-state index < -0.39 is 15.8 Å². The van der Waals surface area contributed by atoms with Gasteiger partial charge in [-0.25, -0.2) is 12.8 Å². The van der Waals surface area contributed by atoms with E-state index in [2.05, 4.69) is 0 Å². The smallest absolute Gasteiger partial charge is 0.253 e. The van der Waals surface area contributed by atoms with Crippen molar-refractivity contribution in [3.63, 3.8) is 0 Å². The molecule has 1 fully saturated rings. The summed E-state index contributed by atoms with van der Waals surface area (Å²) < 4.78 is 39.4. The Morgan fingerprint density at radius 1 is 0.962 bits per heavy atom. The van der Waals surface area contributed by atoms with E-state index in [-0.39, 0.29) is 24.7 Å². The van der Waals surface area contributed by atoms with Crippen molar-refractivity contribution in [2.75, 3.05) is 26.2 Å². The molecule has 8 heteroatoms. The predicted molar refractivity (Wildman–Crippen MR) is 98.0 cm³/mol. The first-order valence-corrected chi connectivity index (χ1v) is 10.1. The van der Waals surface area contributed by atoms with Crippen LogP contribution in [0.3, 0.4) is 0 Å². The van der Waals surface area contributed by atoms with Gasteiger partial charge in [-0.2, -0.15) is 4.31 Å². The van der Waals surface area contributed by atoms with Gasteiger partial charge in [-0.05, 0) is 42.0 Å². The van der Waals surface area contributed by atoms with Gasteiger partial charge in [-0.3, -0.25) is 4.79 Å². The molecule has 0 aliphatic carbocycles. The lowest BCUT2D eigenvalue weighted by atomic mass is 10.2. The summed E-state index contributed by atoms with van der Waals surface area (Å²) in [5, 5.41) is 0.554. The Kier molecular flexibility index (Phi) is 5.60. The quantitative estimate of drug-likeness (QED) is 0.798. The molecule has 26 heavy (non-hydrogen) atoms. The van der Waals surface area contributed by atoms with Crippen LogP contribution < -0.4 is 0 Å². The average molecular weight is 397 g/mol. The standard InChI is InChI=1S/C18H18ClFN2O3S/c19-16-5-3-15(4-6-16)18(23)21-9-11-22(12-10-21)26(24,25)13-14-1-7-17(20)8-2-14/h1-8H,9-13H2. The van der Waals surface area contributed by atoms with Crippen LogP contribution in [0, 0.1) is 5.82 Å². The van der Waals surface area contributed by atoms with Crippen molar-refractivity contribution in [1.82, 2.24) is 9.21 Å².